The molecule has 0 atom stereocenters. The lowest BCUT2D eigenvalue weighted by Gasteiger charge is -2.18. The average Bonchev–Trinajstić information content (AvgIpc) is 3.05. The van der Waals surface area contributed by atoms with Gasteiger partial charge in [-0.15, -0.1) is 11.3 Å². The highest BCUT2D eigenvalue weighted by Crippen LogP contribution is 2.35. The first-order chi connectivity index (χ1) is 14.1. The Labute approximate surface area is 185 Å². The molecule has 0 amide bonds. The van der Waals surface area contributed by atoms with Gasteiger partial charge in [-0.3, -0.25) is 4.90 Å². The van der Waals surface area contributed by atoms with Crippen molar-refractivity contribution in [2.45, 2.75) is 19.7 Å². The lowest BCUT2D eigenvalue weighted by Crippen LogP contribution is -2.18. The number of fused-ring (bicyclic) bond motifs is 1. The van der Waals surface area contributed by atoms with Crippen molar-refractivity contribution in [2.24, 2.45) is 0 Å². The smallest absolute Gasteiger partial charge is 0.123 e. The minimum Gasteiger partial charge on any atom is -0.488 e. The average molecular weight is 442 g/mol. The molecule has 148 valence electrons. The summed E-state index contributed by atoms with van der Waals surface area (Å²) in [5, 5.41) is 2.67. The van der Waals surface area contributed by atoms with E-state index in [0.29, 0.717) is 11.6 Å². The van der Waals surface area contributed by atoms with Crippen LogP contribution >= 0.6 is 34.5 Å². The van der Waals surface area contributed by atoms with Crippen molar-refractivity contribution in [3.05, 3.63) is 98.8 Å². The molecule has 5 heteroatoms. The standard InChI is InChI=1S/C24H21Cl2NOS/c1-27(14-17-5-3-2-4-6-17)15-22-21-13-19(26)9-12-23(21)29-24(22)16-28-20-10-7-18(25)8-11-20/h2-13H,14-16H2,1H3. The minimum absolute atomic E-state index is 0.521. The second-order valence-corrected chi connectivity index (χ2v) is 9.05. The molecule has 0 saturated carbocycles. The fourth-order valence-corrected chi connectivity index (χ4v) is 4.77. The Kier molecular flexibility index (Phi) is 6.41. The fourth-order valence-electron chi connectivity index (χ4n) is 3.36. The second-order valence-electron chi connectivity index (χ2n) is 7.04. The van der Waals surface area contributed by atoms with Gasteiger partial charge in [0.15, 0.2) is 0 Å². The molecule has 0 N–H and O–H groups in total. The molecule has 0 spiro atoms. The summed E-state index contributed by atoms with van der Waals surface area (Å²) in [6.07, 6.45) is 0. The molecule has 4 aromatic rings. The zero-order valence-electron chi connectivity index (χ0n) is 16.1. The van der Waals surface area contributed by atoms with Crippen molar-refractivity contribution >= 4 is 44.6 Å². The highest BCUT2D eigenvalue weighted by Gasteiger charge is 2.15. The highest BCUT2D eigenvalue weighted by atomic mass is 35.5. The number of nitrogens with zero attached hydrogens (tertiary/aromatic N) is 1. The van der Waals surface area contributed by atoms with Gasteiger partial charge in [-0.05, 0) is 66.0 Å². The molecular weight excluding hydrogens is 421 g/mol. The van der Waals surface area contributed by atoms with E-state index in [1.165, 1.54) is 26.1 Å². The molecule has 0 saturated heterocycles. The molecule has 0 aliphatic rings. The van der Waals surface area contributed by atoms with Crippen LogP contribution in [0.4, 0.5) is 0 Å². The number of halogens is 2. The SMILES string of the molecule is CN(Cc1ccccc1)Cc1c(COc2ccc(Cl)cc2)sc2ccc(Cl)cc12. The summed E-state index contributed by atoms with van der Waals surface area (Å²) in [5.41, 5.74) is 2.58. The number of hydrogen-bond donors (Lipinski definition) is 0. The monoisotopic (exact) mass is 441 g/mol. The first-order valence-corrected chi connectivity index (χ1v) is 11.0. The van der Waals surface area contributed by atoms with Crippen LogP contribution in [0, 0.1) is 0 Å². The normalized spacial score (nSPS) is 11.3. The van der Waals surface area contributed by atoms with E-state index in [0.717, 1.165) is 23.9 Å². The van der Waals surface area contributed by atoms with E-state index in [9.17, 15) is 0 Å². The van der Waals surface area contributed by atoms with Gasteiger partial charge in [-0.2, -0.15) is 0 Å². The van der Waals surface area contributed by atoms with Crippen LogP contribution in [0.3, 0.4) is 0 Å². The summed E-state index contributed by atoms with van der Waals surface area (Å²) in [7, 11) is 2.14. The van der Waals surface area contributed by atoms with Gasteiger partial charge in [0, 0.05) is 32.7 Å². The molecule has 0 radical (unpaired) electrons. The molecule has 0 bridgehead atoms. The highest BCUT2D eigenvalue weighted by molar-refractivity contribution is 7.19. The second kappa shape index (κ2) is 9.19. The molecular formula is C24H21Cl2NOS. The van der Waals surface area contributed by atoms with Gasteiger partial charge in [0.25, 0.3) is 0 Å². The summed E-state index contributed by atoms with van der Waals surface area (Å²) in [6, 6.07) is 24.1. The van der Waals surface area contributed by atoms with Crippen molar-refractivity contribution in [2.75, 3.05) is 7.05 Å². The van der Waals surface area contributed by atoms with Crippen molar-refractivity contribution in [3.63, 3.8) is 0 Å². The van der Waals surface area contributed by atoms with Crippen molar-refractivity contribution in [1.29, 1.82) is 0 Å². The van der Waals surface area contributed by atoms with E-state index in [1.807, 2.05) is 36.4 Å². The van der Waals surface area contributed by atoms with E-state index in [1.54, 1.807) is 11.3 Å². The molecule has 0 aliphatic carbocycles. The summed E-state index contributed by atoms with van der Waals surface area (Å²) >= 11 is 14.0. The zero-order chi connectivity index (χ0) is 20.2. The van der Waals surface area contributed by atoms with Crippen LogP contribution in [-0.2, 0) is 19.7 Å². The van der Waals surface area contributed by atoms with E-state index in [2.05, 4.69) is 48.3 Å². The largest absolute Gasteiger partial charge is 0.488 e. The van der Waals surface area contributed by atoms with E-state index in [-0.39, 0.29) is 0 Å². The Morgan fingerprint density at radius 2 is 1.59 bits per heavy atom. The first-order valence-electron chi connectivity index (χ1n) is 9.39. The molecule has 0 unspecified atom stereocenters. The Morgan fingerprint density at radius 1 is 0.862 bits per heavy atom. The minimum atomic E-state index is 0.521. The van der Waals surface area contributed by atoms with Gasteiger partial charge in [0.2, 0.25) is 0 Å². The van der Waals surface area contributed by atoms with Crippen molar-refractivity contribution in [1.82, 2.24) is 4.90 Å². The van der Waals surface area contributed by atoms with Gasteiger partial charge < -0.3 is 4.74 Å². The third-order valence-electron chi connectivity index (χ3n) is 4.74. The van der Waals surface area contributed by atoms with Gasteiger partial charge >= 0.3 is 0 Å². The molecule has 1 heterocycles. The van der Waals surface area contributed by atoms with E-state index < -0.39 is 0 Å². The van der Waals surface area contributed by atoms with Crippen LogP contribution in [0.1, 0.15) is 16.0 Å². The molecule has 2 nitrogen and oxygen atoms in total. The van der Waals surface area contributed by atoms with E-state index >= 15 is 0 Å². The maximum Gasteiger partial charge on any atom is 0.123 e. The Bertz CT molecular complexity index is 1090. The lowest BCUT2D eigenvalue weighted by atomic mass is 10.1. The quantitative estimate of drug-likeness (QED) is 0.295. The van der Waals surface area contributed by atoms with Crippen LogP contribution in [0.25, 0.3) is 10.1 Å². The Hall–Kier alpha value is -2.04. The maximum atomic E-state index is 6.30. The van der Waals surface area contributed by atoms with Gasteiger partial charge in [-0.25, -0.2) is 0 Å². The predicted octanol–water partition coefficient (Wildman–Crippen LogP) is 7.42. The fraction of sp³-hybridized carbons (Fsp3) is 0.167. The molecule has 3 aromatic carbocycles. The maximum absolute atomic E-state index is 6.30. The first kappa shape index (κ1) is 20.2. The van der Waals surface area contributed by atoms with Crippen LogP contribution in [0.2, 0.25) is 10.0 Å². The summed E-state index contributed by atoms with van der Waals surface area (Å²) in [4.78, 5) is 3.54. The third-order valence-corrected chi connectivity index (χ3v) is 6.42. The van der Waals surface area contributed by atoms with Crippen LogP contribution in [-0.4, -0.2) is 11.9 Å². The third kappa shape index (κ3) is 5.12. The number of rotatable bonds is 7. The van der Waals surface area contributed by atoms with Crippen molar-refractivity contribution < 1.29 is 4.74 Å². The Morgan fingerprint density at radius 3 is 2.34 bits per heavy atom. The van der Waals surface area contributed by atoms with Gasteiger partial charge in [0.1, 0.15) is 12.4 Å². The Balaban J connectivity index is 1.58. The lowest BCUT2D eigenvalue weighted by molar-refractivity contribution is 0.297. The number of ether oxygens (including phenoxy) is 1. The van der Waals surface area contributed by atoms with Gasteiger partial charge in [0.05, 0.1) is 0 Å². The summed E-state index contributed by atoms with van der Waals surface area (Å²) in [5.74, 6) is 0.813. The van der Waals surface area contributed by atoms with Gasteiger partial charge in [-0.1, -0.05) is 53.5 Å². The topological polar surface area (TPSA) is 12.5 Å². The summed E-state index contributed by atoms with van der Waals surface area (Å²) < 4.78 is 7.28. The molecule has 4 rings (SSSR count). The molecule has 1 aromatic heterocycles. The van der Waals surface area contributed by atoms with E-state index in [4.69, 9.17) is 27.9 Å². The zero-order valence-corrected chi connectivity index (χ0v) is 18.4. The van der Waals surface area contributed by atoms with Crippen LogP contribution < -0.4 is 4.74 Å². The molecule has 0 aliphatic heterocycles. The van der Waals surface area contributed by atoms with Crippen molar-refractivity contribution in [3.8, 4) is 5.75 Å². The van der Waals surface area contributed by atoms with Crippen LogP contribution in [0.5, 0.6) is 5.75 Å². The molecule has 29 heavy (non-hydrogen) atoms. The number of hydrogen-bond acceptors (Lipinski definition) is 3. The number of thiophene rings is 1. The number of benzene rings is 3. The molecule has 0 fully saturated rings. The predicted molar refractivity (Wildman–Crippen MR) is 124 cm³/mol. The summed E-state index contributed by atoms with van der Waals surface area (Å²) in [6.45, 7) is 2.23. The van der Waals surface area contributed by atoms with Crippen LogP contribution in [0.15, 0.2) is 72.8 Å².